The van der Waals surface area contributed by atoms with E-state index in [1.165, 1.54) is 6.07 Å². The van der Waals surface area contributed by atoms with Crippen molar-refractivity contribution in [3.05, 3.63) is 33.3 Å². The number of hydrogen-bond donors (Lipinski definition) is 1. The number of halogens is 1. The van der Waals surface area contributed by atoms with Gasteiger partial charge in [-0.25, -0.2) is 4.79 Å². The SMILES string of the molecule is NC(=O)Oc1ccc([N+](=O)[O-])cc1Cl. The van der Waals surface area contributed by atoms with Crippen molar-refractivity contribution in [2.24, 2.45) is 5.73 Å². The molecule has 14 heavy (non-hydrogen) atoms. The van der Waals surface area contributed by atoms with Gasteiger partial charge in [-0.15, -0.1) is 0 Å². The lowest BCUT2D eigenvalue weighted by Crippen LogP contribution is -2.16. The van der Waals surface area contributed by atoms with E-state index in [1.807, 2.05) is 0 Å². The van der Waals surface area contributed by atoms with E-state index in [0.717, 1.165) is 12.1 Å². The molecule has 0 heterocycles. The third-order valence-corrected chi connectivity index (χ3v) is 1.63. The predicted octanol–water partition coefficient (Wildman–Crippen LogP) is 1.71. The molecule has 0 saturated heterocycles. The fourth-order valence-corrected chi connectivity index (χ4v) is 1.01. The van der Waals surface area contributed by atoms with E-state index in [1.54, 1.807) is 0 Å². The molecule has 0 unspecified atom stereocenters. The van der Waals surface area contributed by atoms with Gasteiger partial charge < -0.3 is 10.5 Å². The van der Waals surface area contributed by atoms with E-state index in [2.05, 4.69) is 4.74 Å². The molecule has 7 heteroatoms. The van der Waals surface area contributed by atoms with E-state index in [9.17, 15) is 14.9 Å². The zero-order chi connectivity index (χ0) is 10.7. The van der Waals surface area contributed by atoms with Gasteiger partial charge in [0.25, 0.3) is 5.69 Å². The minimum absolute atomic E-state index is 0.00948. The van der Waals surface area contributed by atoms with Crippen molar-refractivity contribution in [2.45, 2.75) is 0 Å². The maximum absolute atomic E-state index is 10.3. The standard InChI is InChI=1S/C7H5ClN2O4/c8-5-3-4(10(12)13)1-2-6(5)14-7(9)11/h1-3H,(H2,9,11). The Bertz CT molecular complexity index is 393. The number of amides is 1. The normalized spacial score (nSPS) is 9.50. The summed E-state index contributed by atoms with van der Waals surface area (Å²) in [6.07, 6.45) is -1.03. The molecule has 0 aliphatic heterocycles. The summed E-state index contributed by atoms with van der Waals surface area (Å²) in [4.78, 5) is 20.0. The first kappa shape index (κ1) is 10.3. The molecule has 1 aromatic carbocycles. The lowest BCUT2D eigenvalue weighted by Gasteiger charge is -2.01. The predicted molar refractivity (Wildman–Crippen MR) is 48.3 cm³/mol. The molecule has 1 rings (SSSR count). The molecule has 0 aliphatic carbocycles. The molecule has 0 spiro atoms. The van der Waals surface area contributed by atoms with Crippen molar-refractivity contribution in [3.63, 3.8) is 0 Å². The van der Waals surface area contributed by atoms with Crippen LogP contribution in [0.15, 0.2) is 18.2 Å². The first-order chi connectivity index (χ1) is 6.50. The minimum Gasteiger partial charge on any atom is -0.409 e. The highest BCUT2D eigenvalue weighted by molar-refractivity contribution is 6.32. The van der Waals surface area contributed by atoms with E-state index >= 15 is 0 Å². The number of ether oxygens (including phenoxy) is 1. The third kappa shape index (κ3) is 2.33. The van der Waals surface area contributed by atoms with Crippen LogP contribution in [0.5, 0.6) is 5.75 Å². The first-order valence-electron chi connectivity index (χ1n) is 3.42. The third-order valence-electron chi connectivity index (χ3n) is 1.34. The van der Waals surface area contributed by atoms with Crippen LogP contribution in [-0.2, 0) is 0 Å². The monoisotopic (exact) mass is 216 g/mol. The Hall–Kier alpha value is -1.82. The summed E-state index contributed by atoms with van der Waals surface area (Å²) in [5.74, 6) is -0.00948. The van der Waals surface area contributed by atoms with Gasteiger partial charge in [0.1, 0.15) is 0 Å². The number of nitrogens with zero attached hydrogens (tertiary/aromatic N) is 1. The smallest absolute Gasteiger partial charge is 0.409 e. The van der Waals surface area contributed by atoms with Crippen LogP contribution in [0.2, 0.25) is 5.02 Å². The van der Waals surface area contributed by atoms with Crippen molar-refractivity contribution in [2.75, 3.05) is 0 Å². The Kier molecular flexibility index (Phi) is 2.88. The van der Waals surface area contributed by atoms with Crippen LogP contribution in [0.25, 0.3) is 0 Å². The largest absolute Gasteiger partial charge is 0.410 e. The summed E-state index contributed by atoms with van der Waals surface area (Å²) in [5.41, 5.74) is 4.55. The fraction of sp³-hybridized carbons (Fsp3) is 0. The molecule has 0 bridgehead atoms. The van der Waals surface area contributed by atoms with Crippen LogP contribution in [-0.4, -0.2) is 11.0 Å². The van der Waals surface area contributed by atoms with E-state index in [-0.39, 0.29) is 16.5 Å². The number of nitrogens with two attached hydrogens (primary N) is 1. The summed E-state index contributed by atoms with van der Waals surface area (Å²) < 4.78 is 4.46. The zero-order valence-electron chi connectivity index (χ0n) is 6.77. The molecule has 1 amide bonds. The number of carbonyl (C=O) groups excluding carboxylic acids is 1. The molecule has 1 aromatic rings. The quantitative estimate of drug-likeness (QED) is 0.601. The molecular formula is C7H5ClN2O4. The second-order valence-corrected chi connectivity index (χ2v) is 2.70. The molecule has 74 valence electrons. The van der Waals surface area contributed by atoms with Crippen LogP contribution in [0.3, 0.4) is 0 Å². The van der Waals surface area contributed by atoms with Crippen LogP contribution < -0.4 is 10.5 Å². The summed E-state index contributed by atoms with van der Waals surface area (Å²) in [6, 6.07) is 3.43. The van der Waals surface area contributed by atoms with E-state index < -0.39 is 11.0 Å². The molecule has 0 aliphatic rings. The number of nitro groups is 1. The summed E-state index contributed by atoms with van der Waals surface area (Å²) >= 11 is 5.58. The van der Waals surface area contributed by atoms with Gasteiger partial charge in [-0.2, -0.15) is 0 Å². The van der Waals surface area contributed by atoms with Crippen LogP contribution >= 0.6 is 11.6 Å². The number of carbonyl (C=O) groups is 1. The number of primary amides is 1. The Labute approximate surface area is 83.4 Å². The van der Waals surface area contributed by atoms with Gasteiger partial charge in [-0.3, -0.25) is 10.1 Å². The molecule has 0 fully saturated rings. The van der Waals surface area contributed by atoms with E-state index in [0.29, 0.717) is 0 Å². The van der Waals surface area contributed by atoms with Crippen molar-refractivity contribution in [1.29, 1.82) is 0 Å². The highest BCUT2D eigenvalue weighted by Gasteiger charge is 2.11. The van der Waals surface area contributed by atoms with Gasteiger partial charge in [0, 0.05) is 12.1 Å². The molecule has 0 atom stereocenters. The Balaban J connectivity index is 3.01. The molecular weight excluding hydrogens is 212 g/mol. The highest BCUT2D eigenvalue weighted by Crippen LogP contribution is 2.28. The highest BCUT2D eigenvalue weighted by atomic mass is 35.5. The van der Waals surface area contributed by atoms with Crippen molar-refractivity contribution >= 4 is 23.4 Å². The van der Waals surface area contributed by atoms with Gasteiger partial charge in [0.2, 0.25) is 0 Å². The van der Waals surface area contributed by atoms with Gasteiger partial charge in [0.15, 0.2) is 5.75 Å². The topological polar surface area (TPSA) is 95.5 Å². The van der Waals surface area contributed by atoms with Gasteiger partial charge >= 0.3 is 6.09 Å². The lowest BCUT2D eigenvalue weighted by atomic mass is 10.3. The average Bonchev–Trinajstić information content (AvgIpc) is 2.07. The second-order valence-electron chi connectivity index (χ2n) is 2.29. The summed E-state index contributed by atoms with van der Waals surface area (Å²) in [7, 11) is 0. The lowest BCUT2D eigenvalue weighted by molar-refractivity contribution is -0.384. The first-order valence-corrected chi connectivity index (χ1v) is 3.79. The summed E-state index contributed by atoms with van der Waals surface area (Å²) in [5, 5.41) is 10.3. The summed E-state index contributed by atoms with van der Waals surface area (Å²) in [6.45, 7) is 0. The number of rotatable bonds is 2. The molecule has 6 nitrogen and oxygen atoms in total. The Morgan fingerprint density at radius 3 is 2.64 bits per heavy atom. The number of non-ortho nitro benzene ring substituents is 1. The molecule has 0 radical (unpaired) electrons. The molecule has 0 saturated carbocycles. The van der Waals surface area contributed by atoms with Crippen molar-refractivity contribution in [3.8, 4) is 5.75 Å². The Morgan fingerprint density at radius 1 is 1.57 bits per heavy atom. The van der Waals surface area contributed by atoms with Crippen LogP contribution in [0, 0.1) is 10.1 Å². The maximum atomic E-state index is 10.3. The van der Waals surface area contributed by atoms with Crippen LogP contribution in [0.1, 0.15) is 0 Å². The number of benzene rings is 1. The average molecular weight is 217 g/mol. The van der Waals surface area contributed by atoms with E-state index in [4.69, 9.17) is 17.3 Å². The van der Waals surface area contributed by atoms with Crippen molar-refractivity contribution < 1.29 is 14.5 Å². The molecule has 0 aromatic heterocycles. The van der Waals surface area contributed by atoms with Crippen molar-refractivity contribution in [1.82, 2.24) is 0 Å². The second kappa shape index (κ2) is 3.93. The number of hydrogen-bond acceptors (Lipinski definition) is 4. The molecule has 2 N–H and O–H groups in total. The maximum Gasteiger partial charge on any atom is 0.410 e. The number of nitro benzene ring substituents is 1. The Morgan fingerprint density at radius 2 is 2.21 bits per heavy atom. The minimum atomic E-state index is -1.03. The van der Waals surface area contributed by atoms with Crippen LogP contribution in [0.4, 0.5) is 10.5 Å². The van der Waals surface area contributed by atoms with Gasteiger partial charge in [0.05, 0.1) is 9.95 Å². The zero-order valence-corrected chi connectivity index (χ0v) is 7.52. The fourth-order valence-electron chi connectivity index (χ4n) is 0.794. The van der Waals surface area contributed by atoms with Gasteiger partial charge in [-0.05, 0) is 6.07 Å². The van der Waals surface area contributed by atoms with Gasteiger partial charge in [-0.1, -0.05) is 11.6 Å².